The van der Waals surface area contributed by atoms with E-state index in [1.165, 1.54) is 34.2 Å². The molecule has 0 atom stereocenters. The summed E-state index contributed by atoms with van der Waals surface area (Å²) in [5.74, 6) is 0. The second kappa shape index (κ2) is 5.48. The van der Waals surface area contributed by atoms with Gasteiger partial charge in [0.15, 0.2) is 0 Å². The van der Waals surface area contributed by atoms with Crippen LogP contribution in [0.2, 0.25) is 0 Å². The Kier molecular flexibility index (Phi) is 3.97. The van der Waals surface area contributed by atoms with Gasteiger partial charge in [-0.3, -0.25) is 0 Å². The Labute approximate surface area is 104 Å². The number of hydrogen-bond acceptors (Lipinski definition) is 2. The zero-order valence-corrected chi connectivity index (χ0v) is 10.7. The van der Waals surface area contributed by atoms with Crippen LogP contribution in [-0.2, 0) is 12.8 Å². The minimum absolute atomic E-state index is 0.711. The summed E-state index contributed by atoms with van der Waals surface area (Å²) in [5.41, 5.74) is 12.6. The minimum Gasteiger partial charge on any atom is -0.329 e. The predicted molar refractivity (Wildman–Crippen MR) is 74.2 cm³/mol. The van der Waals surface area contributed by atoms with E-state index in [-0.39, 0.29) is 0 Å². The average molecular weight is 230 g/mol. The normalized spacial score (nSPS) is 14.1. The highest BCUT2D eigenvalue weighted by Crippen LogP contribution is 2.34. The Morgan fingerprint density at radius 1 is 1.29 bits per heavy atom. The molecule has 0 saturated heterocycles. The van der Waals surface area contributed by atoms with Gasteiger partial charge in [0.05, 0.1) is 0 Å². The van der Waals surface area contributed by atoms with Crippen LogP contribution in [0, 0.1) is 6.92 Å². The van der Waals surface area contributed by atoms with E-state index in [1.807, 2.05) is 0 Å². The lowest BCUT2D eigenvalue weighted by Gasteiger charge is -2.11. The fraction of sp³-hybridized carbons (Fsp3) is 0.467. The van der Waals surface area contributed by atoms with E-state index in [0.717, 1.165) is 25.9 Å². The van der Waals surface area contributed by atoms with Gasteiger partial charge in [0, 0.05) is 13.1 Å². The molecule has 0 aliphatic heterocycles. The number of rotatable bonds is 5. The maximum Gasteiger partial charge on any atom is 0.00746 e. The summed E-state index contributed by atoms with van der Waals surface area (Å²) in [6, 6.07) is 4.50. The first-order chi connectivity index (χ1) is 8.24. The van der Waals surface area contributed by atoms with Gasteiger partial charge < -0.3 is 11.1 Å². The van der Waals surface area contributed by atoms with Gasteiger partial charge in [-0.05, 0) is 60.6 Å². The number of allylic oxidation sites excluding steroid dienone is 1. The van der Waals surface area contributed by atoms with Crippen LogP contribution in [0.25, 0.3) is 5.57 Å². The number of benzene rings is 1. The Morgan fingerprint density at radius 2 is 2.12 bits per heavy atom. The van der Waals surface area contributed by atoms with E-state index in [9.17, 15) is 0 Å². The molecule has 1 aliphatic carbocycles. The van der Waals surface area contributed by atoms with Crippen LogP contribution in [-0.4, -0.2) is 19.6 Å². The summed E-state index contributed by atoms with van der Waals surface area (Å²) in [7, 11) is 0. The van der Waals surface area contributed by atoms with Crippen molar-refractivity contribution >= 4 is 5.57 Å². The summed E-state index contributed by atoms with van der Waals surface area (Å²) in [6.45, 7) is 9.00. The lowest BCUT2D eigenvalue weighted by Crippen LogP contribution is -2.24. The molecule has 0 spiro atoms. The van der Waals surface area contributed by atoms with Gasteiger partial charge in [-0.2, -0.15) is 0 Å². The second-order valence-electron chi connectivity index (χ2n) is 4.77. The van der Waals surface area contributed by atoms with Gasteiger partial charge in [0.1, 0.15) is 0 Å². The Balaban J connectivity index is 2.07. The smallest absolute Gasteiger partial charge is 0.00746 e. The molecule has 2 heteroatoms. The van der Waals surface area contributed by atoms with Crippen molar-refractivity contribution in [2.75, 3.05) is 19.6 Å². The zero-order chi connectivity index (χ0) is 12.3. The van der Waals surface area contributed by atoms with E-state index < -0.39 is 0 Å². The molecule has 3 N–H and O–H groups in total. The van der Waals surface area contributed by atoms with Gasteiger partial charge in [0.2, 0.25) is 0 Å². The fourth-order valence-corrected chi connectivity index (χ4v) is 2.59. The van der Waals surface area contributed by atoms with E-state index in [2.05, 4.69) is 31.0 Å². The highest BCUT2D eigenvalue weighted by Gasteiger charge is 2.17. The minimum atomic E-state index is 0.711. The highest BCUT2D eigenvalue weighted by molar-refractivity contribution is 5.72. The molecule has 92 valence electrons. The molecule has 17 heavy (non-hydrogen) atoms. The third-order valence-electron chi connectivity index (χ3n) is 3.66. The molecular formula is C15H22N2. The van der Waals surface area contributed by atoms with Crippen molar-refractivity contribution in [3.63, 3.8) is 0 Å². The SMILES string of the molecule is C=C1CCc2c1ccc(CCNCCN)c2C. The van der Waals surface area contributed by atoms with Gasteiger partial charge in [0.25, 0.3) is 0 Å². The van der Waals surface area contributed by atoms with Crippen molar-refractivity contribution in [1.82, 2.24) is 5.32 Å². The molecule has 1 aromatic rings. The van der Waals surface area contributed by atoms with E-state index >= 15 is 0 Å². The number of hydrogen-bond donors (Lipinski definition) is 2. The molecule has 0 fully saturated rings. The molecule has 1 aliphatic rings. The number of fused-ring (bicyclic) bond motifs is 1. The predicted octanol–water partition coefficient (Wildman–Crippen LogP) is 2.05. The lowest BCUT2D eigenvalue weighted by molar-refractivity contribution is 0.687. The number of nitrogens with one attached hydrogen (secondary N) is 1. The Hall–Kier alpha value is -1.12. The standard InChI is InChI=1S/C15H22N2/c1-11-3-5-15-12(2)13(4-6-14(11)15)7-9-17-10-8-16/h4,6,17H,1,3,5,7-10,16H2,2H3. The van der Waals surface area contributed by atoms with Crippen LogP contribution >= 0.6 is 0 Å². The van der Waals surface area contributed by atoms with Crippen molar-refractivity contribution < 1.29 is 0 Å². The van der Waals surface area contributed by atoms with Crippen molar-refractivity contribution in [2.45, 2.75) is 26.2 Å². The molecule has 0 amide bonds. The monoisotopic (exact) mass is 230 g/mol. The third kappa shape index (κ3) is 2.59. The molecule has 2 nitrogen and oxygen atoms in total. The Morgan fingerprint density at radius 3 is 2.88 bits per heavy atom. The molecular weight excluding hydrogens is 208 g/mol. The molecule has 0 heterocycles. The van der Waals surface area contributed by atoms with Gasteiger partial charge in [-0.25, -0.2) is 0 Å². The quantitative estimate of drug-likeness (QED) is 0.760. The van der Waals surface area contributed by atoms with Gasteiger partial charge in [-0.1, -0.05) is 18.7 Å². The molecule has 0 radical (unpaired) electrons. The van der Waals surface area contributed by atoms with Crippen LogP contribution < -0.4 is 11.1 Å². The highest BCUT2D eigenvalue weighted by atomic mass is 14.9. The average Bonchev–Trinajstić information content (AvgIpc) is 2.70. The summed E-state index contributed by atoms with van der Waals surface area (Å²) in [6.07, 6.45) is 3.39. The van der Waals surface area contributed by atoms with E-state index in [4.69, 9.17) is 5.73 Å². The second-order valence-corrected chi connectivity index (χ2v) is 4.77. The van der Waals surface area contributed by atoms with Crippen molar-refractivity contribution in [1.29, 1.82) is 0 Å². The molecule has 0 unspecified atom stereocenters. The van der Waals surface area contributed by atoms with Crippen LogP contribution in [0.5, 0.6) is 0 Å². The van der Waals surface area contributed by atoms with Crippen LogP contribution in [0.15, 0.2) is 18.7 Å². The summed E-state index contributed by atoms with van der Waals surface area (Å²) < 4.78 is 0. The summed E-state index contributed by atoms with van der Waals surface area (Å²) in [5, 5.41) is 3.34. The number of nitrogens with two attached hydrogens (primary N) is 1. The van der Waals surface area contributed by atoms with Crippen LogP contribution in [0.1, 0.15) is 28.7 Å². The molecule has 0 saturated carbocycles. The van der Waals surface area contributed by atoms with E-state index in [0.29, 0.717) is 6.54 Å². The molecule has 0 bridgehead atoms. The first-order valence-electron chi connectivity index (χ1n) is 6.44. The maximum absolute atomic E-state index is 5.45. The van der Waals surface area contributed by atoms with E-state index in [1.54, 1.807) is 0 Å². The van der Waals surface area contributed by atoms with Crippen LogP contribution in [0.4, 0.5) is 0 Å². The van der Waals surface area contributed by atoms with Gasteiger partial charge in [-0.15, -0.1) is 0 Å². The van der Waals surface area contributed by atoms with Crippen molar-refractivity contribution in [3.8, 4) is 0 Å². The van der Waals surface area contributed by atoms with Gasteiger partial charge >= 0.3 is 0 Å². The fourth-order valence-electron chi connectivity index (χ4n) is 2.59. The lowest BCUT2D eigenvalue weighted by atomic mass is 9.96. The topological polar surface area (TPSA) is 38.0 Å². The molecule has 0 aromatic heterocycles. The molecule has 2 rings (SSSR count). The Bertz CT molecular complexity index is 421. The first-order valence-corrected chi connectivity index (χ1v) is 6.44. The third-order valence-corrected chi connectivity index (χ3v) is 3.66. The van der Waals surface area contributed by atoms with Crippen molar-refractivity contribution in [2.24, 2.45) is 5.73 Å². The van der Waals surface area contributed by atoms with Crippen LogP contribution in [0.3, 0.4) is 0 Å². The first kappa shape index (κ1) is 12.3. The molecule has 1 aromatic carbocycles. The summed E-state index contributed by atoms with van der Waals surface area (Å²) >= 11 is 0. The van der Waals surface area contributed by atoms with Crippen molar-refractivity contribution in [3.05, 3.63) is 41.0 Å². The summed E-state index contributed by atoms with van der Waals surface area (Å²) in [4.78, 5) is 0. The maximum atomic E-state index is 5.45. The largest absolute Gasteiger partial charge is 0.329 e. The zero-order valence-electron chi connectivity index (χ0n) is 10.7.